The van der Waals surface area contributed by atoms with Crippen molar-refractivity contribution < 1.29 is 17.9 Å². The predicted octanol–water partition coefficient (Wildman–Crippen LogP) is 3.38. The Morgan fingerprint density at radius 3 is 2.61 bits per heavy atom. The van der Waals surface area contributed by atoms with Gasteiger partial charge in [0.25, 0.3) is 15.9 Å². The number of amides is 1. The minimum absolute atomic E-state index is 0.227. The first kappa shape index (κ1) is 22.7. The zero-order chi connectivity index (χ0) is 22.4. The number of nitrogens with one attached hydrogen (secondary N) is 2. The molecule has 2 aromatic heterocycles. The summed E-state index contributed by atoms with van der Waals surface area (Å²) in [4.78, 5) is 12.3. The molecule has 8 nitrogen and oxygen atoms in total. The molecule has 31 heavy (non-hydrogen) atoms. The Morgan fingerprint density at radius 1 is 1.23 bits per heavy atom. The maximum Gasteiger partial charge on any atom is 0.271 e. The minimum atomic E-state index is -3.62. The molecule has 0 saturated heterocycles. The Morgan fingerprint density at radius 2 is 1.97 bits per heavy atom. The van der Waals surface area contributed by atoms with E-state index in [1.807, 2.05) is 19.9 Å². The number of aryl methyl sites for hydroxylation is 1. The first-order valence-electron chi connectivity index (χ1n) is 9.47. The molecule has 0 saturated carbocycles. The maximum absolute atomic E-state index is 12.3. The van der Waals surface area contributed by atoms with Gasteiger partial charge in [0, 0.05) is 41.9 Å². The average molecular weight is 461 g/mol. The van der Waals surface area contributed by atoms with Gasteiger partial charge in [-0.05, 0) is 55.6 Å². The molecule has 3 rings (SSSR count). The molecule has 0 spiro atoms. The molecule has 0 aliphatic rings. The van der Waals surface area contributed by atoms with Gasteiger partial charge in [-0.3, -0.25) is 9.52 Å². The fourth-order valence-electron chi connectivity index (χ4n) is 3.02. The molecule has 1 amide bonds. The smallest absolute Gasteiger partial charge is 0.271 e. The number of aromatic nitrogens is 1. The van der Waals surface area contributed by atoms with E-state index in [0.717, 1.165) is 34.8 Å². The third kappa shape index (κ3) is 5.60. The lowest BCUT2D eigenvalue weighted by Crippen LogP contribution is -2.18. The van der Waals surface area contributed by atoms with Crippen LogP contribution >= 0.6 is 11.3 Å². The van der Waals surface area contributed by atoms with Crippen LogP contribution in [-0.2, 0) is 21.3 Å². The quantitative estimate of drug-likeness (QED) is 0.377. The average Bonchev–Trinajstić information content (AvgIpc) is 3.37. The molecule has 164 valence electrons. The molecule has 0 fully saturated rings. The topological polar surface area (TPSA) is 102 Å². The Bertz CT molecular complexity index is 1160. The lowest BCUT2D eigenvalue weighted by Gasteiger charge is -2.08. The third-order valence-corrected chi connectivity index (χ3v) is 7.44. The van der Waals surface area contributed by atoms with E-state index in [9.17, 15) is 13.2 Å². The zero-order valence-corrected chi connectivity index (χ0v) is 19.1. The number of anilines is 1. The second-order valence-corrected chi connectivity index (χ2v) is 9.64. The van der Waals surface area contributed by atoms with Crippen molar-refractivity contribution >= 4 is 39.2 Å². The second kappa shape index (κ2) is 9.90. The number of methoxy groups -OCH3 is 1. The van der Waals surface area contributed by atoms with E-state index in [2.05, 4.69) is 19.8 Å². The standard InChI is InChI=1S/C21H24N4O4S2/c1-15-13-18(16(2)25(15)10-11-29-3)14-22-23-21(26)17-6-8-19(9-7-17)24-31(27,28)20-5-4-12-30-20/h4-9,12-14,24H,10-11H2,1-3H3,(H,23,26). The Balaban J connectivity index is 1.61. The van der Waals surface area contributed by atoms with E-state index in [1.54, 1.807) is 24.8 Å². The molecule has 0 aliphatic carbocycles. The number of thiophene rings is 1. The molecular formula is C21H24N4O4S2. The highest BCUT2D eigenvalue weighted by atomic mass is 32.2. The number of hydrogen-bond donors (Lipinski definition) is 2. The minimum Gasteiger partial charge on any atom is -0.383 e. The molecular weight excluding hydrogens is 436 g/mol. The summed E-state index contributed by atoms with van der Waals surface area (Å²) in [6.45, 7) is 5.36. The number of nitrogens with zero attached hydrogens (tertiary/aromatic N) is 2. The molecule has 10 heteroatoms. The Labute approximate surface area is 185 Å². The molecule has 0 radical (unpaired) electrons. The number of hydrazone groups is 1. The lowest BCUT2D eigenvalue weighted by molar-refractivity contribution is 0.0955. The SMILES string of the molecule is COCCn1c(C)cc(C=NNC(=O)c2ccc(NS(=O)(=O)c3cccs3)cc2)c1C. The van der Waals surface area contributed by atoms with Crippen molar-refractivity contribution in [3.63, 3.8) is 0 Å². The Kier molecular flexibility index (Phi) is 7.26. The van der Waals surface area contributed by atoms with E-state index in [1.165, 1.54) is 30.3 Å². The number of carbonyl (C=O) groups is 1. The summed E-state index contributed by atoms with van der Waals surface area (Å²) >= 11 is 1.13. The van der Waals surface area contributed by atoms with Crippen molar-refractivity contribution in [1.82, 2.24) is 9.99 Å². The predicted molar refractivity (Wildman–Crippen MR) is 122 cm³/mol. The lowest BCUT2D eigenvalue weighted by atomic mass is 10.2. The number of rotatable bonds is 9. The van der Waals surface area contributed by atoms with Crippen LogP contribution in [0.4, 0.5) is 5.69 Å². The highest BCUT2D eigenvalue weighted by Crippen LogP contribution is 2.20. The highest BCUT2D eigenvalue weighted by Gasteiger charge is 2.15. The van der Waals surface area contributed by atoms with Crippen LogP contribution in [0.25, 0.3) is 0 Å². The van der Waals surface area contributed by atoms with Crippen LogP contribution in [-0.4, -0.2) is 38.8 Å². The van der Waals surface area contributed by atoms with Gasteiger partial charge in [0.05, 0.1) is 12.8 Å². The van der Waals surface area contributed by atoms with Crippen LogP contribution in [0.15, 0.2) is 57.2 Å². The first-order chi connectivity index (χ1) is 14.8. The number of hydrogen-bond acceptors (Lipinski definition) is 6. The van der Waals surface area contributed by atoms with Crippen LogP contribution in [0.5, 0.6) is 0 Å². The molecule has 0 unspecified atom stereocenters. The maximum atomic E-state index is 12.3. The van der Waals surface area contributed by atoms with Crippen LogP contribution in [0.2, 0.25) is 0 Å². The zero-order valence-electron chi connectivity index (χ0n) is 17.5. The summed E-state index contributed by atoms with van der Waals surface area (Å²) in [5, 5.41) is 5.74. The van der Waals surface area contributed by atoms with Crippen LogP contribution < -0.4 is 10.1 Å². The fraction of sp³-hybridized carbons (Fsp3) is 0.238. The third-order valence-electron chi connectivity index (χ3n) is 4.66. The molecule has 1 aromatic carbocycles. The summed E-state index contributed by atoms with van der Waals surface area (Å²) in [5.41, 5.74) is 6.26. The van der Waals surface area contributed by atoms with Crippen LogP contribution in [0.3, 0.4) is 0 Å². The van der Waals surface area contributed by atoms with Gasteiger partial charge in [0.15, 0.2) is 0 Å². The molecule has 2 heterocycles. The summed E-state index contributed by atoms with van der Waals surface area (Å²) in [6, 6.07) is 11.3. The molecule has 0 atom stereocenters. The van der Waals surface area contributed by atoms with Gasteiger partial charge >= 0.3 is 0 Å². The molecule has 3 aromatic rings. The van der Waals surface area contributed by atoms with E-state index in [0.29, 0.717) is 17.9 Å². The van der Waals surface area contributed by atoms with Crippen LogP contribution in [0, 0.1) is 13.8 Å². The van der Waals surface area contributed by atoms with Crippen molar-refractivity contribution in [3.8, 4) is 0 Å². The van der Waals surface area contributed by atoms with Gasteiger partial charge in [-0.25, -0.2) is 13.8 Å². The van der Waals surface area contributed by atoms with Gasteiger partial charge in [0.2, 0.25) is 0 Å². The highest BCUT2D eigenvalue weighted by molar-refractivity contribution is 7.94. The largest absolute Gasteiger partial charge is 0.383 e. The van der Waals surface area contributed by atoms with Crippen molar-refractivity contribution in [3.05, 3.63) is 70.4 Å². The van der Waals surface area contributed by atoms with Gasteiger partial charge in [0.1, 0.15) is 4.21 Å². The Hall–Kier alpha value is -2.95. The van der Waals surface area contributed by atoms with Gasteiger partial charge < -0.3 is 9.30 Å². The van der Waals surface area contributed by atoms with Gasteiger partial charge in [-0.2, -0.15) is 5.10 Å². The number of carbonyl (C=O) groups excluding carboxylic acids is 1. The van der Waals surface area contributed by atoms with E-state index >= 15 is 0 Å². The fourth-order valence-corrected chi connectivity index (χ4v) is 5.07. The van der Waals surface area contributed by atoms with E-state index < -0.39 is 15.9 Å². The number of sulfonamides is 1. The number of benzene rings is 1. The normalized spacial score (nSPS) is 11.7. The number of ether oxygens (including phenoxy) is 1. The van der Waals surface area contributed by atoms with Crippen molar-refractivity contribution in [2.24, 2.45) is 5.10 Å². The monoisotopic (exact) mass is 460 g/mol. The summed E-state index contributed by atoms with van der Waals surface area (Å²) in [6.07, 6.45) is 1.60. The van der Waals surface area contributed by atoms with Crippen molar-refractivity contribution in [2.75, 3.05) is 18.4 Å². The summed E-state index contributed by atoms with van der Waals surface area (Å²) in [7, 11) is -1.96. The summed E-state index contributed by atoms with van der Waals surface area (Å²) in [5.74, 6) is -0.392. The first-order valence-corrected chi connectivity index (χ1v) is 11.8. The molecule has 0 aliphatic heterocycles. The van der Waals surface area contributed by atoms with E-state index in [-0.39, 0.29) is 4.21 Å². The van der Waals surface area contributed by atoms with Gasteiger partial charge in [-0.15, -0.1) is 11.3 Å². The van der Waals surface area contributed by atoms with Gasteiger partial charge in [-0.1, -0.05) is 6.07 Å². The van der Waals surface area contributed by atoms with Crippen molar-refractivity contribution in [1.29, 1.82) is 0 Å². The molecule has 2 N–H and O–H groups in total. The van der Waals surface area contributed by atoms with Crippen LogP contribution in [0.1, 0.15) is 27.3 Å². The second-order valence-electron chi connectivity index (χ2n) is 6.78. The summed E-state index contributed by atoms with van der Waals surface area (Å²) < 4.78 is 34.5. The molecule has 0 bridgehead atoms. The van der Waals surface area contributed by atoms with Crippen molar-refractivity contribution in [2.45, 2.75) is 24.6 Å². The van der Waals surface area contributed by atoms with E-state index in [4.69, 9.17) is 4.74 Å².